The molecular weight excluding hydrogens is 654 g/mol. The number of nitrogens with one attached hydrogen (secondary N) is 4. The Hall–Kier alpha value is -3.91. The van der Waals surface area contributed by atoms with Gasteiger partial charge in [-0.3, -0.25) is 4.79 Å². The highest BCUT2D eigenvalue weighted by Gasteiger charge is 2.20. The summed E-state index contributed by atoms with van der Waals surface area (Å²) < 4.78 is 28.7. The van der Waals surface area contributed by atoms with Crippen LogP contribution in [0.3, 0.4) is 0 Å². The van der Waals surface area contributed by atoms with Crippen LogP contribution >= 0.6 is 38.9 Å². The Morgan fingerprint density at radius 3 is 2.32 bits per heavy atom. The average Bonchev–Trinajstić information content (AvgIpc) is 3.37. The lowest BCUT2D eigenvalue weighted by molar-refractivity contribution is 0.256. The maximum absolute atomic E-state index is 13.3. The van der Waals surface area contributed by atoms with Gasteiger partial charge in [0.15, 0.2) is 0 Å². The van der Waals surface area contributed by atoms with Crippen LogP contribution in [-0.2, 0) is 10.0 Å². The number of aromatic nitrogens is 2. The summed E-state index contributed by atoms with van der Waals surface area (Å²) in [6, 6.07) is 20.5. The van der Waals surface area contributed by atoms with E-state index < -0.39 is 27.3 Å². The Morgan fingerprint density at radius 2 is 1.66 bits per heavy atom. The van der Waals surface area contributed by atoms with Crippen molar-refractivity contribution >= 4 is 77.2 Å². The van der Waals surface area contributed by atoms with Crippen molar-refractivity contribution < 1.29 is 13.2 Å². The molecule has 0 radical (unpaired) electrons. The fraction of sp³-hybridized carbons (Fsp3) is 0.0741. The van der Waals surface area contributed by atoms with Gasteiger partial charge >= 0.3 is 11.7 Å². The van der Waals surface area contributed by atoms with E-state index in [1.807, 2.05) is 35.9 Å². The average molecular weight is 675 g/mol. The third-order valence-corrected chi connectivity index (χ3v) is 9.66. The molecule has 0 aliphatic carbocycles. The SMILES string of the molecule is CC(Nc1ccc2c(=O)n(-c3ccc(NC(=O)NS(=O)(=O)c4ccc(Cl)s4)cc3)c(=O)[nH]c2c1)c1ccc(Br)cc1. The number of benzene rings is 3. The van der Waals surface area contributed by atoms with Gasteiger partial charge in [0.1, 0.15) is 4.21 Å². The zero-order valence-electron chi connectivity index (χ0n) is 21.1. The number of sulfonamides is 1. The summed E-state index contributed by atoms with van der Waals surface area (Å²) in [5.74, 6) is 0. The number of nitrogens with zero attached hydrogens (tertiary/aromatic N) is 1. The molecule has 4 N–H and O–H groups in total. The maximum atomic E-state index is 13.3. The van der Waals surface area contributed by atoms with Crippen LogP contribution in [0.1, 0.15) is 18.5 Å². The largest absolute Gasteiger partial charge is 0.378 e. The lowest BCUT2D eigenvalue weighted by Gasteiger charge is -2.16. The van der Waals surface area contributed by atoms with Gasteiger partial charge in [0, 0.05) is 21.9 Å². The molecule has 2 heterocycles. The first-order valence-corrected chi connectivity index (χ1v) is 15.5. The number of hydrogen-bond donors (Lipinski definition) is 4. The smallest absolute Gasteiger partial charge is 0.333 e. The summed E-state index contributed by atoms with van der Waals surface area (Å²) >= 11 is 10.0. The Bertz CT molecular complexity index is 1990. The molecule has 10 nitrogen and oxygen atoms in total. The van der Waals surface area contributed by atoms with Gasteiger partial charge in [0.05, 0.1) is 20.9 Å². The summed E-state index contributed by atoms with van der Waals surface area (Å²) in [5, 5.41) is 6.09. The second-order valence-electron chi connectivity index (χ2n) is 8.91. The van der Waals surface area contributed by atoms with Gasteiger partial charge < -0.3 is 15.6 Å². The number of urea groups is 1. The standard InChI is InChI=1S/C27H21BrClN5O5S2/c1-15(16-2-4-17(28)5-3-16)30-19-8-11-21-22(14-19)32-27(37)34(25(21)35)20-9-6-18(7-10-20)31-26(36)33-41(38,39)24-13-12-23(29)40-24/h2-15,30H,1H3,(H,32,37)(H2,31,33,36). The third kappa shape index (κ3) is 6.38. The third-order valence-electron chi connectivity index (χ3n) is 6.07. The fourth-order valence-corrected chi connectivity index (χ4v) is 6.75. The van der Waals surface area contributed by atoms with Gasteiger partial charge in [0.2, 0.25) is 0 Å². The van der Waals surface area contributed by atoms with Crippen LogP contribution in [0, 0.1) is 0 Å². The van der Waals surface area contributed by atoms with Crippen molar-refractivity contribution in [1.82, 2.24) is 14.3 Å². The molecule has 2 aromatic heterocycles. The number of thiophene rings is 1. The minimum absolute atomic E-state index is 0.0175. The highest BCUT2D eigenvalue weighted by Crippen LogP contribution is 2.26. The monoisotopic (exact) mass is 673 g/mol. The number of carbonyl (C=O) groups excluding carboxylic acids is 1. The van der Waals surface area contributed by atoms with Crippen molar-refractivity contribution in [3.8, 4) is 5.69 Å². The Balaban J connectivity index is 1.33. The van der Waals surface area contributed by atoms with Crippen molar-refractivity contribution in [2.45, 2.75) is 17.2 Å². The number of hydrogen-bond acceptors (Lipinski definition) is 7. The molecular formula is C27H21BrClN5O5S2. The summed E-state index contributed by atoms with van der Waals surface area (Å²) in [4.78, 5) is 41.2. The Morgan fingerprint density at radius 1 is 0.976 bits per heavy atom. The zero-order chi connectivity index (χ0) is 29.3. The first-order chi connectivity index (χ1) is 19.5. The number of anilines is 2. The quantitative estimate of drug-likeness (QED) is 0.171. The Labute approximate surface area is 251 Å². The van der Waals surface area contributed by atoms with Crippen LogP contribution < -0.4 is 26.6 Å². The van der Waals surface area contributed by atoms with E-state index in [0.29, 0.717) is 10.9 Å². The first kappa shape index (κ1) is 28.6. The molecule has 2 amide bonds. The molecule has 3 aromatic carbocycles. The molecule has 0 fully saturated rings. The molecule has 210 valence electrons. The van der Waals surface area contributed by atoms with E-state index in [9.17, 15) is 22.8 Å². The summed E-state index contributed by atoms with van der Waals surface area (Å²) in [6.07, 6.45) is 0. The van der Waals surface area contributed by atoms with Crippen molar-refractivity contribution in [3.63, 3.8) is 0 Å². The predicted molar refractivity (Wildman–Crippen MR) is 165 cm³/mol. The second kappa shape index (κ2) is 11.5. The summed E-state index contributed by atoms with van der Waals surface area (Å²) in [5.41, 5.74) is 1.53. The van der Waals surface area contributed by atoms with Crippen LogP contribution in [0.5, 0.6) is 0 Å². The van der Waals surface area contributed by atoms with Crippen LogP contribution in [0.4, 0.5) is 16.2 Å². The number of carbonyl (C=O) groups is 1. The molecule has 14 heteroatoms. The molecule has 0 aliphatic heterocycles. The van der Waals surface area contributed by atoms with E-state index in [2.05, 4.69) is 31.5 Å². The molecule has 0 aliphatic rings. The van der Waals surface area contributed by atoms with Crippen molar-refractivity contribution in [3.05, 3.63) is 114 Å². The van der Waals surface area contributed by atoms with Crippen molar-refractivity contribution in [2.75, 3.05) is 10.6 Å². The molecule has 5 rings (SSSR count). The lowest BCUT2D eigenvalue weighted by Crippen LogP contribution is -2.34. The van der Waals surface area contributed by atoms with Gasteiger partial charge in [0.25, 0.3) is 15.6 Å². The molecule has 0 saturated carbocycles. The fourth-order valence-electron chi connectivity index (χ4n) is 4.09. The molecule has 5 aromatic rings. The number of aromatic amines is 1. The molecule has 41 heavy (non-hydrogen) atoms. The molecule has 0 spiro atoms. The highest BCUT2D eigenvalue weighted by molar-refractivity contribution is 9.10. The molecule has 1 unspecified atom stereocenters. The first-order valence-electron chi connectivity index (χ1n) is 12.0. The number of H-pyrrole nitrogens is 1. The van der Waals surface area contributed by atoms with Crippen LogP contribution in [0.2, 0.25) is 4.34 Å². The maximum Gasteiger partial charge on any atom is 0.333 e. The normalized spacial score (nSPS) is 12.2. The topological polar surface area (TPSA) is 142 Å². The van der Waals surface area contributed by atoms with E-state index in [1.165, 1.54) is 36.4 Å². The van der Waals surface area contributed by atoms with Crippen LogP contribution in [0.15, 0.2) is 97.1 Å². The Kier molecular flexibility index (Phi) is 8.04. The van der Waals surface area contributed by atoms with Crippen LogP contribution in [0.25, 0.3) is 16.6 Å². The number of fused-ring (bicyclic) bond motifs is 1. The second-order valence-corrected chi connectivity index (χ2v) is 13.5. The van der Waals surface area contributed by atoms with Gasteiger partial charge in [-0.2, -0.15) is 0 Å². The lowest BCUT2D eigenvalue weighted by atomic mass is 10.1. The van der Waals surface area contributed by atoms with Gasteiger partial charge in [-0.05, 0) is 79.2 Å². The minimum Gasteiger partial charge on any atom is -0.378 e. The molecule has 1 atom stereocenters. The minimum atomic E-state index is -4.09. The van der Waals surface area contributed by atoms with Crippen LogP contribution in [-0.4, -0.2) is 24.0 Å². The number of halogens is 2. The molecule has 0 bridgehead atoms. The van der Waals surface area contributed by atoms with E-state index >= 15 is 0 Å². The van der Waals surface area contributed by atoms with Crippen molar-refractivity contribution in [2.24, 2.45) is 0 Å². The van der Waals surface area contributed by atoms with Gasteiger partial charge in [-0.1, -0.05) is 39.7 Å². The number of amides is 2. The van der Waals surface area contributed by atoms with Gasteiger partial charge in [-0.25, -0.2) is 27.3 Å². The van der Waals surface area contributed by atoms with Gasteiger partial charge in [-0.15, -0.1) is 11.3 Å². The molecule has 0 saturated heterocycles. The summed E-state index contributed by atoms with van der Waals surface area (Å²) in [6.45, 7) is 2.01. The van der Waals surface area contributed by atoms with E-state index in [1.54, 1.807) is 18.2 Å². The van der Waals surface area contributed by atoms with Crippen molar-refractivity contribution in [1.29, 1.82) is 0 Å². The van der Waals surface area contributed by atoms with E-state index in [-0.39, 0.29) is 26.0 Å². The highest BCUT2D eigenvalue weighted by atomic mass is 79.9. The zero-order valence-corrected chi connectivity index (χ0v) is 25.1. The number of rotatable bonds is 7. The van der Waals surface area contributed by atoms with E-state index in [4.69, 9.17) is 11.6 Å². The van der Waals surface area contributed by atoms with E-state index in [0.717, 1.165) is 31.6 Å². The predicted octanol–water partition coefficient (Wildman–Crippen LogP) is 5.84. The summed E-state index contributed by atoms with van der Waals surface area (Å²) in [7, 11) is -4.09.